The summed E-state index contributed by atoms with van der Waals surface area (Å²) < 4.78 is 49.6. The van der Waals surface area contributed by atoms with Gasteiger partial charge in [-0.1, -0.05) is 35.9 Å². The van der Waals surface area contributed by atoms with Gasteiger partial charge in [0.05, 0.1) is 29.3 Å². The Labute approximate surface area is 182 Å². The van der Waals surface area contributed by atoms with Gasteiger partial charge in [0.25, 0.3) is 0 Å². The minimum atomic E-state index is -4.36. The van der Waals surface area contributed by atoms with Gasteiger partial charge in [-0.25, -0.2) is 0 Å². The zero-order valence-electron chi connectivity index (χ0n) is 16.7. The summed E-state index contributed by atoms with van der Waals surface area (Å²) >= 11 is 6.70. The van der Waals surface area contributed by atoms with Gasteiger partial charge < -0.3 is 14.8 Å². The third kappa shape index (κ3) is 4.48. The van der Waals surface area contributed by atoms with Gasteiger partial charge in [0.15, 0.2) is 0 Å². The number of alkyl halides is 3. The number of aliphatic imine (C=N–C) groups is 1. The highest BCUT2D eigenvalue weighted by molar-refractivity contribution is 6.38. The maximum Gasteiger partial charge on any atom is 0.416 e. The molecule has 0 saturated heterocycles. The molecule has 0 radical (unpaired) electrons. The molecule has 1 aliphatic rings. The van der Waals surface area contributed by atoms with Gasteiger partial charge in [-0.2, -0.15) is 13.2 Å². The first-order valence-corrected chi connectivity index (χ1v) is 10.1. The highest BCUT2D eigenvalue weighted by atomic mass is 35.5. The standard InChI is InChI=1S/C23H20ClF3N2O2/c1-30-10-11-31-21-19(22-28-8-9-29-22)13-16-12-15(4-7-18(16)20(21)24)14-2-5-17(6-3-14)23(25,26)27/h2-7,12-13H,8-11H2,1H3,(H,28,29). The summed E-state index contributed by atoms with van der Waals surface area (Å²) in [6.07, 6.45) is -4.36. The van der Waals surface area contributed by atoms with E-state index in [9.17, 15) is 13.2 Å². The van der Waals surface area contributed by atoms with Crippen molar-refractivity contribution in [2.24, 2.45) is 4.99 Å². The molecule has 4 nitrogen and oxygen atoms in total. The molecule has 0 amide bonds. The van der Waals surface area contributed by atoms with Gasteiger partial charge in [0, 0.05) is 19.0 Å². The highest BCUT2D eigenvalue weighted by Gasteiger charge is 2.30. The molecular weight excluding hydrogens is 429 g/mol. The fourth-order valence-corrected chi connectivity index (χ4v) is 3.83. The van der Waals surface area contributed by atoms with Crippen LogP contribution in [0.2, 0.25) is 5.02 Å². The Balaban J connectivity index is 1.77. The molecule has 0 aliphatic carbocycles. The van der Waals surface area contributed by atoms with Crippen LogP contribution < -0.4 is 10.1 Å². The number of hydrogen-bond acceptors (Lipinski definition) is 4. The zero-order chi connectivity index (χ0) is 22.0. The molecule has 0 bridgehead atoms. The molecule has 0 atom stereocenters. The number of amidine groups is 1. The second kappa shape index (κ2) is 8.77. The summed E-state index contributed by atoms with van der Waals surface area (Å²) in [5.74, 6) is 1.23. The van der Waals surface area contributed by atoms with Crippen molar-refractivity contribution in [1.82, 2.24) is 5.32 Å². The Bertz CT molecular complexity index is 1130. The molecule has 0 fully saturated rings. The number of benzene rings is 3. The molecule has 3 aromatic rings. The Morgan fingerprint density at radius 3 is 2.42 bits per heavy atom. The molecule has 0 spiro atoms. The van der Waals surface area contributed by atoms with E-state index in [2.05, 4.69) is 10.3 Å². The molecule has 3 aromatic carbocycles. The van der Waals surface area contributed by atoms with Crippen LogP contribution in [0, 0.1) is 0 Å². The van der Waals surface area contributed by atoms with Crippen LogP contribution in [0.1, 0.15) is 11.1 Å². The van der Waals surface area contributed by atoms with Crippen molar-refractivity contribution in [3.8, 4) is 16.9 Å². The van der Waals surface area contributed by atoms with E-state index in [-0.39, 0.29) is 0 Å². The lowest BCUT2D eigenvalue weighted by Crippen LogP contribution is -2.21. The summed E-state index contributed by atoms with van der Waals surface area (Å²) in [6.45, 7) is 2.15. The Morgan fingerprint density at radius 2 is 1.77 bits per heavy atom. The number of nitrogens with one attached hydrogen (secondary N) is 1. The van der Waals surface area contributed by atoms with Crippen LogP contribution in [0.15, 0.2) is 53.5 Å². The average Bonchev–Trinajstić information content (AvgIpc) is 3.29. The van der Waals surface area contributed by atoms with E-state index in [4.69, 9.17) is 21.1 Å². The molecule has 0 aromatic heterocycles. The maximum atomic E-state index is 12.9. The van der Waals surface area contributed by atoms with Crippen LogP contribution in [0.4, 0.5) is 13.2 Å². The van der Waals surface area contributed by atoms with E-state index < -0.39 is 11.7 Å². The number of nitrogens with zero attached hydrogens (tertiary/aromatic N) is 1. The molecule has 0 unspecified atom stereocenters. The molecule has 162 valence electrons. The van der Waals surface area contributed by atoms with E-state index >= 15 is 0 Å². The van der Waals surface area contributed by atoms with Crippen molar-refractivity contribution in [3.05, 3.63) is 64.7 Å². The van der Waals surface area contributed by atoms with Gasteiger partial charge in [-0.3, -0.25) is 4.99 Å². The molecule has 1 heterocycles. The van der Waals surface area contributed by atoms with Crippen LogP contribution in [-0.4, -0.2) is 39.2 Å². The average molecular weight is 449 g/mol. The van der Waals surface area contributed by atoms with Crippen LogP contribution in [-0.2, 0) is 10.9 Å². The molecular formula is C23H20ClF3N2O2. The number of hydrogen-bond donors (Lipinski definition) is 1. The van der Waals surface area contributed by atoms with Crippen LogP contribution in [0.3, 0.4) is 0 Å². The van der Waals surface area contributed by atoms with E-state index in [0.29, 0.717) is 41.9 Å². The van der Waals surface area contributed by atoms with E-state index in [1.54, 1.807) is 7.11 Å². The normalized spacial score (nSPS) is 13.9. The van der Waals surface area contributed by atoms with Gasteiger partial charge >= 0.3 is 6.18 Å². The highest BCUT2D eigenvalue weighted by Crippen LogP contribution is 2.39. The Kier molecular flexibility index (Phi) is 6.07. The van der Waals surface area contributed by atoms with Crippen molar-refractivity contribution >= 4 is 28.2 Å². The zero-order valence-corrected chi connectivity index (χ0v) is 17.5. The largest absolute Gasteiger partial charge is 0.489 e. The molecule has 1 aliphatic heterocycles. The van der Waals surface area contributed by atoms with Crippen LogP contribution in [0.25, 0.3) is 21.9 Å². The summed E-state index contributed by atoms with van der Waals surface area (Å²) in [5, 5.41) is 5.32. The first-order valence-electron chi connectivity index (χ1n) is 9.73. The number of fused-ring (bicyclic) bond motifs is 1. The molecule has 8 heteroatoms. The quantitative estimate of drug-likeness (QED) is 0.502. The smallest absolute Gasteiger partial charge is 0.416 e. The van der Waals surface area contributed by atoms with Crippen molar-refractivity contribution in [2.75, 3.05) is 33.4 Å². The Morgan fingerprint density at radius 1 is 1.03 bits per heavy atom. The summed E-state index contributed by atoms with van der Waals surface area (Å²) in [6, 6.07) is 12.6. The number of halogens is 4. The molecule has 4 rings (SSSR count). The van der Waals surface area contributed by atoms with Crippen molar-refractivity contribution in [2.45, 2.75) is 6.18 Å². The van der Waals surface area contributed by atoms with Crippen molar-refractivity contribution in [1.29, 1.82) is 0 Å². The van der Waals surface area contributed by atoms with Gasteiger partial charge in [-0.15, -0.1) is 0 Å². The first kappa shape index (κ1) is 21.5. The predicted octanol–water partition coefficient (Wildman–Crippen LogP) is 5.55. The lowest BCUT2D eigenvalue weighted by atomic mass is 9.98. The summed E-state index contributed by atoms with van der Waals surface area (Å²) in [7, 11) is 1.59. The van der Waals surface area contributed by atoms with Gasteiger partial charge in [-0.05, 0) is 40.8 Å². The molecule has 31 heavy (non-hydrogen) atoms. The van der Waals surface area contributed by atoms with Crippen molar-refractivity contribution < 1.29 is 22.6 Å². The fourth-order valence-electron chi connectivity index (χ4n) is 3.50. The topological polar surface area (TPSA) is 42.9 Å². The van der Waals surface area contributed by atoms with Crippen LogP contribution in [0.5, 0.6) is 5.75 Å². The van der Waals surface area contributed by atoms with E-state index in [1.807, 2.05) is 24.3 Å². The number of rotatable bonds is 6. The SMILES string of the molecule is COCCOc1c(C2=NCCN2)cc2cc(-c3ccc(C(F)(F)F)cc3)ccc2c1Cl. The maximum absolute atomic E-state index is 12.9. The lowest BCUT2D eigenvalue weighted by Gasteiger charge is -2.16. The summed E-state index contributed by atoms with van der Waals surface area (Å²) in [5.41, 5.74) is 1.54. The minimum Gasteiger partial charge on any atom is -0.489 e. The van der Waals surface area contributed by atoms with Gasteiger partial charge in [0.1, 0.15) is 18.2 Å². The third-order valence-corrected chi connectivity index (χ3v) is 5.42. The number of ether oxygens (including phenoxy) is 2. The van der Waals surface area contributed by atoms with Crippen molar-refractivity contribution in [3.63, 3.8) is 0 Å². The predicted molar refractivity (Wildman–Crippen MR) is 116 cm³/mol. The lowest BCUT2D eigenvalue weighted by molar-refractivity contribution is -0.137. The molecule has 0 saturated carbocycles. The Hall–Kier alpha value is -2.77. The second-order valence-electron chi connectivity index (χ2n) is 7.08. The third-order valence-electron chi connectivity index (χ3n) is 5.04. The van der Waals surface area contributed by atoms with E-state index in [0.717, 1.165) is 40.6 Å². The van der Waals surface area contributed by atoms with Gasteiger partial charge in [0.2, 0.25) is 0 Å². The first-order chi connectivity index (χ1) is 14.9. The van der Waals surface area contributed by atoms with Crippen LogP contribution >= 0.6 is 11.6 Å². The van der Waals surface area contributed by atoms with E-state index in [1.165, 1.54) is 12.1 Å². The number of methoxy groups -OCH3 is 1. The monoisotopic (exact) mass is 448 g/mol. The molecule has 1 N–H and O–H groups in total. The summed E-state index contributed by atoms with van der Waals surface area (Å²) in [4.78, 5) is 4.49. The fraction of sp³-hybridized carbons (Fsp3) is 0.261. The minimum absolute atomic E-state index is 0.339. The second-order valence-corrected chi connectivity index (χ2v) is 7.45.